The third kappa shape index (κ3) is 3.89. The molecule has 5 heteroatoms. The number of nitrogens with one attached hydrogen (secondary N) is 1. The van der Waals surface area contributed by atoms with Gasteiger partial charge in [-0.25, -0.2) is 0 Å². The van der Waals surface area contributed by atoms with Crippen molar-refractivity contribution >= 4 is 5.97 Å². The predicted molar refractivity (Wildman–Crippen MR) is 70.6 cm³/mol. The third-order valence-electron chi connectivity index (χ3n) is 3.54. The highest BCUT2D eigenvalue weighted by atomic mass is 16.7. The Balaban J connectivity index is 1.84. The number of hydrogen-bond donors (Lipinski definition) is 1. The van der Waals surface area contributed by atoms with Crippen molar-refractivity contribution in [3.8, 4) is 0 Å². The number of carbonyl (C=O) groups excluding carboxylic acids is 1. The number of carbonyl (C=O) groups is 1. The van der Waals surface area contributed by atoms with E-state index in [1.807, 2.05) is 13.1 Å². The van der Waals surface area contributed by atoms with E-state index in [1.54, 1.807) is 0 Å². The van der Waals surface area contributed by atoms with Crippen LogP contribution in [0.2, 0.25) is 0 Å². The van der Waals surface area contributed by atoms with Crippen LogP contribution in [0.4, 0.5) is 0 Å². The molecule has 1 aliphatic heterocycles. The molecule has 0 aromatic rings. The largest absolute Gasteiger partial charge is 0.469 e. The molecule has 1 heterocycles. The van der Waals surface area contributed by atoms with Gasteiger partial charge in [0.15, 0.2) is 0 Å². The van der Waals surface area contributed by atoms with Crippen LogP contribution in [0.3, 0.4) is 0 Å². The minimum Gasteiger partial charge on any atom is -0.469 e. The molecule has 0 aromatic carbocycles. The maximum atomic E-state index is 11.2. The van der Waals surface area contributed by atoms with Crippen molar-refractivity contribution in [3.05, 3.63) is 23.8 Å². The SMILES string of the molecule is CNC(CCC(=O)OC)CC1=CC2OCOC2C=C1. The highest BCUT2D eigenvalue weighted by molar-refractivity contribution is 5.69. The van der Waals surface area contributed by atoms with Gasteiger partial charge in [-0.1, -0.05) is 12.2 Å². The van der Waals surface area contributed by atoms with E-state index in [0.717, 1.165) is 12.8 Å². The average Bonchev–Trinajstić information content (AvgIpc) is 2.90. The number of rotatable bonds is 6. The van der Waals surface area contributed by atoms with E-state index in [9.17, 15) is 4.79 Å². The minimum absolute atomic E-state index is 0.0399. The molecule has 19 heavy (non-hydrogen) atoms. The Morgan fingerprint density at radius 2 is 2.32 bits per heavy atom. The predicted octanol–water partition coefficient (Wildman–Crippen LogP) is 1.16. The van der Waals surface area contributed by atoms with Crippen molar-refractivity contribution in [3.63, 3.8) is 0 Å². The topological polar surface area (TPSA) is 56.8 Å². The average molecular weight is 267 g/mol. The lowest BCUT2D eigenvalue weighted by molar-refractivity contribution is -0.140. The van der Waals surface area contributed by atoms with Crippen LogP contribution in [0.15, 0.2) is 23.8 Å². The quantitative estimate of drug-likeness (QED) is 0.732. The molecule has 0 amide bonds. The van der Waals surface area contributed by atoms with Gasteiger partial charge in [0, 0.05) is 12.5 Å². The fourth-order valence-electron chi connectivity index (χ4n) is 2.34. The number of allylic oxidation sites excluding steroid dienone is 1. The molecular weight excluding hydrogens is 246 g/mol. The van der Waals surface area contributed by atoms with Crippen molar-refractivity contribution in [2.75, 3.05) is 21.0 Å². The van der Waals surface area contributed by atoms with Crippen LogP contribution < -0.4 is 5.32 Å². The number of methoxy groups -OCH3 is 1. The van der Waals surface area contributed by atoms with Gasteiger partial charge >= 0.3 is 5.97 Å². The molecule has 0 aromatic heterocycles. The van der Waals surface area contributed by atoms with Crippen LogP contribution in [-0.2, 0) is 19.0 Å². The lowest BCUT2D eigenvalue weighted by Crippen LogP contribution is -2.28. The smallest absolute Gasteiger partial charge is 0.305 e. The van der Waals surface area contributed by atoms with E-state index in [-0.39, 0.29) is 24.2 Å². The summed E-state index contributed by atoms with van der Waals surface area (Å²) < 4.78 is 15.5. The van der Waals surface area contributed by atoms with E-state index >= 15 is 0 Å². The van der Waals surface area contributed by atoms with Gasteiger partial charge in [-0.05, 0) is 31.5 Å². The zero-order valence-electron chi connectivity index (χ0n) is 11.4. The summed E-state index contributed by atoms with van der Waals surface area (Å²) >= 11 is 0. The maximum Gasteiger partial charge on any atom is 0.305 e. The van der Waals surface area contributed by atoms with Gasteiger partial charge in [0.1, 0.15) is 19.0 Å². The van der Waals surface area contributed by atoms with E-state index in [0.29, 0.717) is 13.2 Å². The van der Waals surface area contributed by atoms with E-state index in [2.05, 4.69) is 22.2 Å². The lowest BCUT2D eigenvalue weighted by Gasteiger charge is -2.20. The molecule has 0 spiro atoms. The second-order valence-electron chi connectivity index (χ2n) is 4.79. The van der Waals surface area contributed by atoms with E-state index in [4.69, 9.17) is 9.47 Å². The van der Waals surface area contributed by atoms with Gasteiger partial charge < -0.3 is 19.5 Å². The van der Waals surface area contributed by atoms with E-state index < -0.39 is 0 Å². The monoisotopic (exact) mass is 267 g/mol. The molecule has 1 aliphatic carbocycles. The molecule has 1 fully saturated rings. The van der Waals surface area contributed by atoms with Crippen molar-refractivity contribution in [1.29, 1.82) is 0 Å². The Bertz CT molecular complexity index is 378. The fraction of sp³-hybridized carbons (Fsp3) is 0.643. The van der Waals surface area contributed by atoms with Crippen LogP contribution in [0.1, 0.15) is 19.3 Å². The molecule has 1 N–H and O–H groups in total. The Hall–Kier alpha value is -1.17. The van der Waals surface area contributed by atoms with Crippen molar-refractivity contribution < 1.29 is 19.0 Å². The van der Waals surface area contributed by atoms with Crippen molar-refractivity contribution in [1.82, 2.24) is 5.32 Å². The molecule has 3 atom stereocenters. The van der Waals surface area contributed by atoms with Crippen LogP contribution in [0, 0.1) is 0 Å². The zero-order valence-corrected chi connectivity index (χ0v) is 11.4. The van der Waals surface area contributed by atoms with Gasteiger partial charge in [-0.15, -0.1) is 0 Å². The maximum absolute atomic E-state index is 11.2. The molecule has 106 valence electrons. The van der Waals surface area contributed by atoms with E-state index in [1.165, 1.54) is 12.7 Å². The molecule has 1 saturated heterocycles. The Morgan fingerprint density at radius 3 is 3.05 bits per heavy atom. The second-order valence-corrected chi connectivity index (χ2v) is 4.79. The first-order valence-electron chi connectivity index (χ1n) is 6.59. The minimum atomic E-state index is -0.166. The Kier molecular flexibility index (Phi) is 5.13. The van der Waals surface area contributed by atoms with Gasteiger partial charge in [0.05, 0.1) is 7.11 Å². The molecule has 5 nitrogen and oxygen atoms in total. The summed E-state index contributed by atoms with van der Waals surface area (Å²) in [7, 11) is 3.33. The molecule has 0 bridgehead atoms. The fourth-order valence-corrected chi connectivity index (χ4v) is 2.34. The van der Waals surface area contributed by atoms with Gasteiger partial charge in [-0.2, -0.15) is 0 Å². The molecule has 2 rings (SSSR count). The number of fused-ring (bicyclic) bond motifs is 1. The summed E-state index contributed by atoms with van der Waals surface area (Å²) in [4.78, 5) is 11.2. The summed E-state index contributed by atoms with van der Waals surface area (Å²) in [5, 5.41) is 3.23. The van der Waals surface area contributed by atoms with Gasteiger partial charge in [0.25, 0.3) is 0 Å². The highest BCUT2D eigenvalue weighted by Gasteiger charge is 2.28. The molecular formula is C14H21NO4. The Labute approximate surface area is 113 Å². The highest BCUT2D eigenvalue weighted by Crippen LogP contribution is 2.24. The second kappa shape index (κ2) is 6.84. The zero-order chi connectivity index (χ0) is 13.7. The first-order valence-corrected chi connectivity index (χ1v) is 6.59. The Morgan fingerprint density at radius 1 is 1.53 bits per heavy atom. The molecule has 2 aliphatic rings. The molecule has 3 unspecified atom stereocenters. The van der Waals surface area contributed by atoms with Crippen LogP contribution in [0.25, 0.3) is 0 Å². The number of hydrogen-bond acceptors (Lipinski definition) is 5. The van der Waals surface area contributed by atoms with Crippen LogP contribution >= 0.6 is 0 Å². The molecule has 0 radical (unpaired) electrons. The number of ether oxygens (including phenoxy) is 3. The van der Waals surface area contributed by atoms with Crippen LogP contribution in [0.5, 0.6) is 0 Å². The van der Waals surface area contributed by atoms with Crippen LogP contribution in [-0.4, -0.2) is 45.2 Å². The van der Waals surface area contributed by atoms with Gasteiger partial charge in [-0.3, -0.25) is 4.79 Å². The first kappa shape index (κ1) is 14.2. The summed E-state index contributed by atoms with van der Waals surface area (Å²) in [6, 6.07) is 0.258. The lowest BCUT2D eigenvalue weighted by atomic mass is 9.95. The molecule has 0 saturated carbocycles. The van der Waals surface area contributed by atoms with Crippen molar-refractivity contribution in [2.24, 2.45) is 0 Å². The summed E-state index contributed by atoms with van der Waals surface area (Å²) in [5.74, 6) is -0.166. The summed E-state index contributed by atoms with van der Waals surface area (Å²) in [5.41, 5.74) is 1.22. The summed E-state index contributed by atoms with van der Waals surface area (Å²) in [6.07, 6.45) is 8.41. The number of esters is 1. The third-order valence-corrected chi connectivity index (χ3v) is 3.54. The van der Waals surface area contributed by atoms with Gasteiger partial charge in [0.2, 0.25) is 0 Å². The first-order chi connectivity index (χ1) is 9.22. The normalized spacial score (nSPS) is 26.7. The standard InChI is InChI=1S/C14H21NO4/c1-15-11(4-6-14(16)17-2)7-10-3-5-12-13(8-10)19-9-18-12/h3,5,8,11-13,15H,4,6-7,9H2,1-2H3. The summed E-state index contributed by atoms with van der Waals surface area (Å²) in [6.45, 7) is 0.362. The van der Waals surface area contributed by atoms with Crippen molar-refractivity contribution in [2.45, 2.75) is 37.5 Å².